The van der Waals surface area contributed by atoms with E-state index in [1.54, 1.807) is 0 Å². The van der Waals surface area contributed by atoms with Crippen molar-refractivity contribution in [3.8, 4) is 11.5 Å². The van der Waals surface area contributed by atoms with Crippen molar-refractivity contribution in [3.63, 3.8) is 0 Å². The van der Waals surface area contributed by atoms with Gasteiger partial charge in [-0.3, -0.25) is 0 Å². The second-order valence-corrected chi connectivity index (χ2v) is 3.32. The van der Waals surface area contributed by atoms with E-state index in [0.717, 1.165) is 11.5 Å². The van der Waals surface area contributed by atoms with Gasteiger partial charge in [0.25, 0.3) is 0 Å². The zero-order valence-corrected chi connectivity index (χ0v) is 12.7. The van der Waals surface area contributed by atoms with Crippen LogP contribution in [-0.2, 0) is 0 Å². The fourth-order valence-electron chi connectivity index (χ4n) is 1.35. The van der Waals surface area contributed by atoms with E-state index >= 15 is 0 Å². The van der Waals surface area contributed by atoms with Gasteiger partial charge in [-0.05, 0) is 38.4 Å². The summed E-state index contributed by atoms with van der Waals surface area (Å²) >= 11 is 0. The first-order valence-electron chi connectivity index (χ1n) is 6.46. The summed E-state index contributed by atoms with van der Waals surface area (Å²) in [5, 5.41) is 0. The van der Waals surface area contributed by atoms with Gasteiger partial charge in [-0.1, -0.05) is 51.3 Å². The van der Waals surface area contributed by atoms with Crippen molar-refractivity contribution in [2.45, 2.75) is 14.9 Å². The zero-order valence-electron chi connectivity index (χ0n) is 12.7. The summed E-state index contributed by atoms with van der Waals surface area (Å²) in [7, 11) is 3.00. The lowest BCUT2D eigenvalue weighted by Gasteiger charge is -2.07. The first kappa shape index (κ1) is 29.1. The summed E-state index contributed by atoms with van der Waals surface area (Å²) in [6.07, 6.45) is 0. The Hall–Kier alpha value is -1.98. The van der Waals surface area contributed by atoms with Crippen molar-refractivity contribution in [1.29, 1.82) is 0 Å². The molecule has 0 saturated carbocycles. The van der Waals surface area contributed by atoms with Gasteiger partial charge in [0.05, 0.1) is 0 Å². The van der Waals surface area contributed by atoms with Crippen LogP contribution in [0, 0.1) is 0 Å². The van der Waals surface area contributed by atoms with E-state index in [1.807, 2.05) is 60.7 Å². The number of hydrogen-bond donors (Lipinski definition) is 2. The summed E-state index contributed by atoms with van der Waals surface area (Å²) in [5.41, 5.74) is 9.00. The van der Waals surface area contributed by atoms with Crippen molar-refractivity contribution < 1.29 is 9.47 Å². The first-order chi connectivity index (χ1) is 9.95. The first-order valence-corrected chi connectivity index (χ1v) is 6.46. The lowest BCUT2D eigenvalue weighted by atomic mass is 10.3. The highest BCUT2D eigenvalue weighted by molar-refractivity contribution is 5.75. The van der Waals surface area contributed by atoms with Crippen LogP contribution in [0.15, 0.2) is 60.7 Å². The summed E-state index contributed by atoms with van der Waals surface area (Å²) in [6.45, 7) is 1.11. The van der Waals surface area contributed by atoms with Crippen molar-refractivity contribution in [2.24, 2.45) is 11.5 Å². The molecular weight excluding hydrogens is 287 g/mol. The lowest BCUT2D eigenvalue weighted by molar-refractivity contribution is 0.217. The predicted molar refractivity (Wildman–Crippen MR) is 103 cm³/mol. The molecule has 2 aromatic rings. The molecule has 2 aromatic carbocycles. The van der Waals surface area contributed by atoms with Gasteiger partial charge in [0.15, 0.2) is 0 Å². The molecule has 0 saturated heterocycles. The minimum absolute atomic E-state index is 0. The van der Waals surface area contributed by atoms with Crippen LogP contribution in [0.5, 0.6) is 11.5 Å². The van der Waals surface area contributed by atoms with Crippen molar-refractivity contribution in [3.05, 3.63) is 60.7 Å². The fraction of sp³-hybridized carbons (Fsp3) is 0.333. The number of rotatable bonds is 5. The van der Waals surface area contributed by atoms with E-state index < -0.39 is 0 Å². The average Bonchev–Trinajstić information content (AvgIpc) is 2.57. The Kier molecular flexibility index (Phi) is 28.2. The molecule has 0 amide bonds. The smallest absolute Gasteiger partial charge is 0.122 e. The summed E-state index contributed by atoms with van der Waals surface area (Å²) in [4.78, 5) is 0. The predicted octanol–water partition coefficient (Wildman–Crippen LogP) is 3.19. The number of para-hydroxylation sites is 2. The molecule has 0 bridgehead atoms. The van der Waals surface area contributed by atoms with Gasteiger partial charge in [-0.15, -0.1) is 0 Å². The number of nitrogens with two attached hydrogens (primary N) is 2. The van der Waals surface area contributed by atoms with Gasteiger partial charge >= 0.3 is 0 Å². The molecule has 0 aliphatic carbocycles. The molecule has 4 N–H and O–H groups in total. The molecule has 4 nitrogen and oxygen atoms in total. The normalized spacial score (nSPS) is 7.30. The quantitative estimate of drug-likeness (QED) is 0.656. The van der Waals surface area contributed by atoms with Crippen LogP contribution in [0.1, 0.15) is 14.9 Å². The Morgan fingerprint density at radius 3 is 1.13 bits per heavy atom. The monoisotopic (exact) mass is 319 g/mol. The van der Waals surface area contributed by atoms with E-state index in [1.165, 1.54) is 14.1 Å². The molecule has 5 heteroatoms. The lowest BCUT2D eigenvalue weighted by Crippen LogP contribution is -2.08. The maximum absolute atomic E-state index is 5.50. The molecule has 0 aliphatic rings. The summed E-state index contributed by atoms with van der Waals surface area (Å²) < 4.78 is 11.0. The molecule has 0 fully saturated rings. The standard InChI is InChI=1S/C14H14O2.2CH5N.2CH4.B/c1-3-7-13(8-4-1)15-11-12-16-14-9-5-2-6-10-14;2*1-2;;;/h1-10H,11-12H2;2*2H2,1H3;2*1H4;. The van der Waals surface area contributed by atoms with Gasteiger partial charge in [0.2, 0.25) is 0 Å². The maximum atomic E-state index is 5.50. The molecule has 0 atom stereocenters. The average molecular weight is 319 g/mol. The SMILES string of the molecule is C.C.CN.CN.[B].c1ccc(OCCOc2ccccc2)cc1. The van der Waals surface area contributed by atoms with E-state index in [-0.39, 0.29) is 23.3 Å². The molecule has 0 aliphatic heterocycles. The fourth-order valence-corrected chi connectivity index (χ4v) is 1.35. The van der Waals surface area contributed by atoms with E-state index in [9.17, 15) is 0 Å². The zero-order chi connectivity index (χ0) is 15.1. The molecule has 3 radical (unpaired) electrons. The Morgan fingerprint density at radius 1 is 0.609 bits per heavy atom. The van der Waals surface area contributed by atoms with Crippen molar-refractivity contribution >= 4 is 8.41 Å². The Labute approximate surface area is 144 Å². The highest BCUT2D eigenvalue weighted by Gasteiger charge is 1.93. The molecule has 0 unspecified atom stereocenters. The third-order valence-electron chi connectivity index (χ3n) is 2.11. The van der Waals surface area contributed by atoms with E-state index in [4.69, 9.17) is 9.47 Å². The van der Waals surface area contributed by atoms with Crippen LogP contribution in [0.4, 0.5) is 0 Å². The minimum atomic E-state index is 0. The Morgan fingerprint density at radius 2 is 0.870 bits per heavy atom. The van der Waals surface area contributed by atoms with Crippen LogP contribution < -0.4 is 20.9 Å². The number of ether oxygens (including phenoxy) is 2. The van der Waals surface area contributed by atoms with Crippen LogP contribution in [-0.4, -0.2) is 35.7 Å². The van der Waals surface area contributed by atoms with Crippen molar-refractivity contribution in [1.82, 2.24) is 0 Å². The van der Waals surface area contributed by atoms with Gasteiger partial charge < -0.3 is 20.9 Å². The van der Waals surface area contributed by atoms with Crippen LogP contribution in [0.2, 0.25) is 0 Å². The number of hydrogen-bond acceptors (Lipinski definition) is 4. The third-order valence-corrected chi connectivity index (χ3v) is 2.11. The molecule has 129 valence electrons. The van der Waals surface area contributed by atoms with Crippen LogP contribution >= 0.6 is 0 Å². The molecule has 0 heterocycles. The van der Waals surface area contributed by atoms with Crippen molar-refractivity contribution in [2.75, 3.05) is 27.3 Å². The van der Waals surface area contributed by atoms with Gasteiger partial charge in [0, 0.05) is 8.41 Å². The summed E-state index contributed by atoms with van der Waals surface area (Å²) in [6, 6.07) is 19.5. The maximum Gasteiger partial charge on any atom is 0.122 e. The largest absolute Gasteiger partial charge is 0.490 e. The van der Waals surface area contributed by atoms with E-state index in [2.05, 4.69) is 11.5 Å². The Bertz CT molecular complexity index is 372. The topological polar surface area (TPSA) is 70.5 Å². The highest BCUT2D eigenvalue weighted by atomic mass is 16.5. The molecule has 2 rings (SSSR count). The number of benzene rings is 2. The Balaban J connectivity index is -0.000000240. The van der Waals surface area contributed by atoms with Gasteiger partial charge in [-0.2, -0.15) is 0 Å². The highest BCUT2D eigenvalue weighted by Crippen LogP contribution is 2.10. The van der Waals surface area contributed by atoms with Crippen LogP contribution in [0.25, 0.3) is 0 Å². The minimum Gasteiger partial charge on any atom is -0.490 e. The molecule has 0 aromatic heterocycles. The molecule has 23 heavy (non-hydrogen) atoms. The second-order valence-electron chi connectivity index (χ2n) is 3.32. The third kappa shape index (κ3) is 14.7. The van der Waals surface area contributed by atoms with E-state index in [0.29, 0.717) is 13.2 Å². The van der Waals surface area contributed by atoms with Crippen LogP contribution in [0.3, 0.4) is 0 Å². The van der Waals surface area contributed by atoms with Gasteiger partial charge in [0.1, 0.15) is 24.7 Å². The molecular formula is C18H32BN2O2. The molecule has 0 spiro atoms. The second kappa shape index (κ2) is 22.3. The summed E-state index contributed by atoms with van der Waals surface area (Å²) in [5.74, 6) is 1.75. The van der Waals surface area contributed by atoms with Gasteiger partial charge in [-0.25, -0.2) is 0 Å².